The van der Waals surface area contributed by atoms with Gasteiger partial charge in [-0.05, 0) is 34.1 Å². The molecule has 0 amide bonds. The molecule has 0 bridgehead atoms. The van der Waals surface area contributed by atoms with Crippen molar-refractivity contribution in [1.82, 2.24) is 0 Å². The molecule has 0 saturated heterocycles. The number of halogens is 1. The van der Waals surface area contributed by atoms with Crippen molar-refractivity contribution in [3.8, 4) is 0 Å². The van der Waals surface area contributed by atoms with E-state index in [1.54, 1.807) is 18.4 Å². The monoisotopic (exact) mass is 270 g/mol. The lowest BCUT2D eigenvalue weighted by atomic mass is 10.1. The predicted octanol–water partition coefficient (Wildman–Crippen LogP) is 3.53. The maximum absolute atomic E-state index is 11.7. The van der Waals surface area contributed by atoms with Gasteiger partial charge in [0.1, 0.15) is 5.76 Å². The zero-order chi connectivity index (χ0) is 9.97. The number of carbonyl (C=O) groups is 1. The molecule has 2 nitrogen and oxygen atoms in total. The number of hydrogen-bond donors (Lipinski definition) is 0. The Bertz CT molecular complexity index is 431. The Labute approximate surface area is 93.7 Å². The average Bonchev–Trinajstić information content (AvgIpc) is 2.75. The van der Waals surface area contributed by atoms with Crippen LogP contribution in [0.4, 0.5) is 0 Å². The van der Waals surface area contributed by atoms with Crippen LogP contribution in [0.25, 0.3) is 0 Å². The molecule has 0 aliphatic rings. The van der Waals surface area contributed by atoms with Gasteiger partial charge in [-0.15, -0.1) is 11.3 Å². The number of thiophene rings is 1. The molecule has 72 valence electrons. The molecule has 4 heteroatoms. The van der Waals surface area contributed by atoms with E-state index in [9.17, 15) is 4.79 Å². The number of ketones is 1. The molecule has 0 fully saturated rings. The molecule has 0 atom stereocenters. The van der Waals surface area contributed by atoms with Crippen molar-refractivity contribution < 1.29 is 9.21 Å². The highest BCUT2D eigenvalue weighted by Crippen LogP contribution is 2.21. The summed E-state index contributed by atoms with van der Waals surface area (Å²) in [6, 6.07) is 5.42. The van der Waals surface area contributed by atoms with Gasteiger partial charge in [0.2, 0.25) is 0 Å². The minimum atomic E-state index is 0.0851. The van der Waals surface area contributed by atoms with E-state index >= 15 is 0 Å². The highest BCUT2D eigenvalue weighted by Gasteiger charge is 2.10. The van der Waals surface area contributed by atoms with Crippen LogP contribution in [0.5, 0.6) is 0 Å². The molecule has 0 spiro atoms. The first kappa shape index (κ1) is 9.68. The summed E-state index contributed by atoms with van der Waals surface area (Å²) in [6.45, 7) is 0. The van der Waals surface area contributed by atoms with Crippen LogP contribution >= 0.6 is 27.3 Å². The number of Topliss-reactive ketones (excluding diaryl/α,β-unsaturated/α-hetero) is 1. The van der Waals surface area contributed by atoms with E-state index in [0.717, 1.165) is 9.35 Å². The molecule has 0 aliphatic heterocycles. The van der Waals surface area contributed by atoms with Gasteiger partial charge in [-0.1, -0.05) is 0 Å². The Kier molecular flexibility index (Phi) is 2.84. The third-order valence-corrected chi connectivity index (χ3v) is 3.31. The summed E-state index contributed by atoms with van der Waals surface area (Å²) in [5.74, 6) is 0.791. The first-order chi connectivity index (χ1) is 6.75. The molecular weight excluding hydrogens is 264 g/mol. The molecule has 0 radical (unpaired) electrons. The lowest BCUT2D eigenvalue weighted by molar-refractivity contribution is 0.0987. The summed E-state index contributed by atoms with van der Waals surface area (Å²) in [5, 5.41) is 1.84. The van der Waals surface area contributed by atoms with Gasteiger partial charge in [0.25, 0.3) is 0 Å². The third-order valence-electron chi connectivity index (χ3n) is 1.80. The Balaban J connectivity index is 2.10. The average molecular weight is 271 g/mol. The van der Waals surface area contributed by atoms with E-state index in [-0.39, 0.29) is 5.78 Å². The first-order valence-electron chi connectivity index (χ1n) is 4.05. The predicted molar refractivity (Wildman–Crippen MR) is 58.8 cm³/mol. The van der Waals surface area contributed by atoms with Crippen LogP contribution in [0.2, 0.25) is 0 Å². The zero-order valence-electron chi connectivity index (χ0n) is 7.20. The van der Waals surface area contributed by atoms with E-state index in [1.165, 1.54) is 11.3 Å². The normalized spacial score (nSPS) is 10.4. The van der Waals surface area contributed by atoms with Gasteiger partial charge in [-0.25, -0.2) is 0 Å². The Morgan fingerprint density at radius 2 is 2.43 bits per heavy atom. The largest absolute Gasteiger partial charge is 0.469 e. The smallest absolute Gasteiger partial charge is 0.171 e. The van der Waals surface area contributed by atoms with E-state index in [4.69, 9.17) is 4.42 Å². The molecule has 0 aromatic carbocycles. The van der Waals surface area contributed by atoms with Crippen molar-refractivity contribution in [2.45, 2.75) is 6.42 Å². The van der Waals surface area contributed by atoms with Crippen LogP contribution in [0.1, 0.15) is 16.1 Å². The van der Waals surface area contributed by atoms with Gasteiger partial charge < -0.3 is 4.42 Å². The number of carbonyl (C=O) groups excluding carboxylic acids is 1. The summed E-state index contributed by atoms with van der Waals surface area (Å²) in [6.07, 6.45) is 1.91. The number of furan rings is 1. The van der Waals surface area contributed by atoms with Crippen LogP contribution in [0.3, 0.4) is 0 Å². The molecule has 0 N–H and O–H groups in total. The molecular formula is C10H7BrO2S. The van der Waals surface area contributed by atoms with Gasteiger partial charge in [0.05, 0.1) is 16.5 Å². The van der Waals surface area contributed by atoms with Gasteiger partial charge in [-0.2, -0.15) is 0 Å². The van der Waals surface area contributed by atoms with E-state index in [0.29, 0.717) is 12.2 Å². The Morgan fingerprint density at radius 1 is 1.57 bits per heavy atom. The zero-order valence-corrected chi connectivity index (χ0v) is 9.60. The fourth-order valence-corrected chi connectivity index (χ4v) is 2.29. The lowest BCUT2D eigenvalue weighted by Crippen LogP contribution is -2.00. The summed E-state index contributed by atoms with van der Waals surface area (Å²) >= 11 is 4.83. The quantitative estimate of drug-likeness (QED) is 0.799. The van der Waals surface area contributed by atoms with Crippen molar-refractivity contribution in [2.75, 3.05) is 0 Å². The summed E-state index contributed by atoms with van der Waals surface area (Å²) in [5.41, 5.74) is 0.735. The minimum absolute atomic E-state index is 0.0851. The van der Waals surface area contributed by atoms with Crippen molar-refractivity contribution in [3.63, 3.8) is 0 Å². The third kappa shape index (κ3) is 2.13. The fourth-order valence-electron chi connectivity index (χ4n) is 1.13. The minimum Gasteiger partial charge on any atom is -0.469 e. The van der Waals surface area contributed by atoms with Crippen molar-refractivity contribution >= 4 is 33.0 Å². The topological polar surface area (TPSA) is 30.2 Å². The fraction of sp³-hybridized carbons (Fsp3) is 0.100. The maximum atomic E-state index is 11.7. The van der Waals surface area contributed by atoms with Crippen LogP contribution in [-0.2, 0) is 6.42 Å². The van der Waals surface area contributed by atoms with E-state index < -0.39 is 0 Å². The second kappa shape index (κ2) is 4.11. The van der Waals surface area contributed by atoms with Crippen LogP contribution in [-0.4, -0.2) is 5.78 Å². The molecule has 2 heterocycles. The van der Waals surface area contributed by atoms with Gasteiger partial charge >= 0.3 is 0 Å². The SMILES string of the molecule is O=C(Cc1ccco1)c1csc(Br)c1. The second-order valence-corrected chi connectivity index (χ2v) is 5.11. The Morgan fingerprint density at radius 3 is 3.00 bits per heavy atom. The van der Waals surface area contributed by atoms with E-state index in [1.807, 2.05) is 11.4 Å². The summed E-state index contributed by atoms with van der Waals surface area (Å²) < 4.78 is 6.08. The molecule has 0 saturated carbocycles. The Hall–Kier alpha value is -0.870. The van der Waals surface area contributed by atoms with Crippen LogP contribution in [0.15, 0.2) is 38.0 Å². The lowest BCUT2D eigenvalue weighted by Gasteiger charge is -1.93. The molecule has 2 aromatic heterocycles. The van der Waals surface area contributed by atoms with Gasteiger partial charge in [0.15, 0.2) is 5.78 Å². The van der Waals surface area contributed by atoms with Crippen molar-refractivity contribution in [1.29, 1.82) is 0 Å². The van der Waals surface area contributed by atoms with Gasteiger partial charge in [0, 0.05) is 10.9 Å². The van der Waals surface area contributed by atoms with Gasteiger partial charge in [-0.3, -0.25) is 4.79 Å². The molecule has 2 rings (SSSR count). The highest BCUT2D eigenvalue weighted by molar-refractivity contribution is 9.11. The number of hydrogen-bond acceptors (Lipinski definition) is 3. The number of rotatable bonds is 3. The second-order valence-electron chi connectivity index (χ2n) is 2.82. The summed E-state index contributed by atoms with van der Waals surface area (Å²) in [7, 11) is 0. The highest BCUT2D eigenvalue weighted by atomic mass is 79.9. The molecule has 0 aliphatic carbocycles. The van der Waals surface area contributed by atoms with Crippen LogP contribution in [0, 0.1) is 0 Å². The van der Waals surface area contributed by atoms with Crippen molar-refractivity contribution in [2.24, 2.45) is 0 Å². The first-order valence-corrected chi connectivity index (χ1v) is 5.72. The molecule has 2 aromatic rings. The molecule has 14 heavy (non-hydrogen) atoms. The maximum Gasteiger partial charge on any atom is 0.171 e. The van der Waals surface area contributed by atoms with Crippen LogP contribution < -0.4 is 0 Å². The molecule has 0 unspecified atom stereocenters. The standard InChI is InChI=1S/C10H7BrO2S/c11-10-4-7(6-14-10)9(12)5-8-2-1-3-13-8/h1-4,6H,5H2. The van der Waals surface area contributed by atoms with E-state index in [2.05, 4.69) is 15.9 Å². The summed E-state index contributed by atoms with van der Waals surface area (Å²) in [4.78, 5) is 11.7. The van der Waals surface area contributed by atoms with Crippen molar-refractivity contribution in [3.05, 3.63) is 45.0 Å².